The van der Waals surface area contributed by atoms with Gasteiger partial charge in [-0.3, -0.25) is 4.90 Å². The van der Waals surface area contributed by atoms with Crippen molar-refractivity contribution in [2.75, 3.05) is 19.8 Å². The first-order chi connectivity index (χ1) is 11.9. The molecule has 5 heteroatoms. The lowest BCUT2D eigenvalue weighted by Gasteiger charge is -2.14. The van der Waals surface area contributed by atoms with Crippen LogP contribution in [0.4, 0.5) is 0 Å². The minimum absolute atomic E-state index is 0.817. The van der Waals surface area contributed by atoms with Crippen LogP contribution in [0.3, 0.4) is 0 Å². The number of ether oxygens (including phenoxy) is 1. The van der Waals surface area contributed by atoms with Crippen molar-refractivity contribution in [3.8, 4) is 0 Å². The Bertz CT molecular complexity index is 689. The Labute approximate surface area is 142 Å². The van der Waals surface area contributed by atoms with E-state index in [1.165, 1.54) is 16.7 Å². The Morgan fingerprint density at radius 1 is 1.08 bits per heavy atom. The maximum Gasteiger partial charge on any atom is 0.0840 e. The van der Waals surface area contributed by atoms with E-state index in [4.69, 9.17) is 4.74 Å². The molecule has 0 saturated carbocycles. The topological polar surface area (TPSA) is 43.2 Å². The molecule has 0 radical (unpaired) electrons. The number of nitrogens with zero attached hydrogens (tertiary/aromatic N) is 4. The van der Waals surface area contributed by atoms with E-state index in [9.17, 15) is 0 Å². The number of hydrogen-bond acceptors (Lipinski definition) is 4. The zero-order valence-corrected chi connectivity index (χ0v) is 14.0. The van der Waals surface area contributed by atoms with Gasteiger partial charge in [0, 0.05) is 32.3 Å². The molecule has 1 saturated heterocycles. The van der Waals surface area contributed by atoms with E-state index in [1.807, 2.05) is 4.68 Å². The minimum Gasteiger partial charge on any atom is -0.381 e. The first kappa shape index (κ1) is 15.5. The summed E-state index contributed by atoms with van der Waals surface area (Å²) in [6.45, 7) is 5.67. The van der Waals surface area contributed by atoms with Gasteiger partial charge in [0.05, 0.1) is 25.5 Å². The van der Waals surface area contributed by atoms with E-state index in [0.29, 0.717) is 0 Å². The van der Waals surface area contributed by atoms with Gasteiger partial charge in [-0.15, -0.1) is 5.10 Å². The van der Waals surface area contributed by atoms with Crippen LogP contribution in [-0.4, -0.2) is 39.7 Å². The quantitative estimate of drug-likeness (QED) is 0.793. The average Bonchev–Trinajstić information content (AvgIpc) is 3.25. The van der Waals surface area contributed by atoms with E-state index in [-0.39, 0.29) is 0 Å². The van der Waals surface area contributed by atoms with Crippen molar-refractivity contribution in [3.63, 3.8) is 0 Å². The normalized spacial score (nSPS) is 17.9. The lowest BCUT2D eigenvalue weighted by Crippen LogP contribution is -2.19. The molecule has 3 heterocycles. The van der Waals surface area contributed by atoms with Crippen molar-refractivity contribution >= 4 is 0 Å². The van der Waals surface area contributed by atoms with Gasteiger partial charge in [-0.05, 0) is 24.0 Å². The van der Waals surface area contributed by atoms with Crippen molar-refractivity contribution < 1.29 is 4.74 Å². The van der Waals surface area contributed by atoms with Crippen molar-refractivity contribution in [2.24, 2.45) is 0 Å². The molecule has 0 amide bonds. The fourth-order valence-corrected chi connectivity index (χ4v) is 3.44. The number of hydrogen-bond donors (Lipinski definition) is 0. The smallest absolute Gasteiger partial charge is 0.0840 e. The Balaban J connectivity index is 1.27. The summed E-state index contributed by atoms with van der Waals surface area (Å²) in [4.78, 5) is 2.48. The summed E-state index contributed by atoms with van der Waals surface area (Å²) in [5, 5.41) is 8.58. The van der Waals surface area contributed by atoms with Crippen LogP contribution in [0.15, 0.2) is 42.1 Å². The van der Waals surface area contributed by atoms with E-state index < -0.39 is 0 Å². The highest BCUT2D eigenvalue weighted by atomic mass is 16.5. The molecule has 24 heavy (non-hydrogen) atoms. The van der Waals surface area contributed by atoms with Gasteiger partial charge < -0.3 is 4.74 Å². The van der Waals surface area contributed by atoms with Gasteiger partial charge in [-0.2, -0.15) is 0 Å². The largest absolute Gasteiger partial charge is 0.381 e. The van der Waals surface area contributed by atoms with E-state index in [2.05, 4.69) is 51.8 Å². The third-order valence-corrected chi connectivity index (χ3v) is 4.88. The van der Waals surface area contributed by atoms with E-state index in [0.717, 1.165) is 64.3 Å². The molecular weight excluding hydrogens is 300 g/mol. The van der Waals surface area contributed by atoms with Crippen molar-refractivity contribution in [1.82, 2.24) is 19.9 Å². The number of rotatable bonds is 5. The molecule has 1 aromatic carbocycles. The van der Waals surface area contributed by atoms with Gasteiger partial charge >= 0.3 is 0 Å². The van der Waals surface area contributed by atoms with Crippen LogP contribution in [0, 0.1) is 0 Å². The summed E-state index contributed by atoms with van der Waals surface area (Å²) < 4.78 is 7.32. The summed E-state index contributed by atoms with van der Waals surface area (Å²) in [7, 11) is 0. The highest BCUT2D eigenvalue weighted by molar-refractivity contribution is 5.30. The van der Waals surface area contributed by atoms with Crippen molar-refractivity contribution in [1.29, 1.82) is 0 Å². The highest BCUT2D eigenvalue weighted by Gasteiger charge is 2.18. The Morgan fingerprint density at radius 2 is 1.83 bits per heavy atom. The van der Waals surface area contributed by atoms with Gasteiger partial charge in [0.15, 0.2) is 0 Å². The Hall–Kier alpha value is -1.98. The molecule has 1 fully saturated rings. The molecule has 0 unspecified atom stereocenters. The van der Waals surface area contributed by atoms with E-state index >= 15 is 0 Å². The Kier molecular flexibility index (Phi) is 4.71. The van der Waals surface area contributed by atoms with Crippen LogP contribution in [0.5, 0.6) is 0 Å². The van der Waals surface area contributed by atoms with Crippen molar-refractivity contribution in [3.05, 3.63) is 58.9 Å². The number of fused-ring (bicyclic) bond motifs is 1. The first-order valence-electron chi connectivity index (χ1n) is 8.80. The predicted molar refractivity (Wildman–Crippen MR) is 92.4 cm³/mol. The second kappa shape index (κ2) is 7.28. The molecule has 2 aliphatic heterocycles. The summed E-state index contributed by atoms with van der Waals surface area (Å²) >= 11 is 0. The standard InChI is InChI=1S/C19H24N4O/c1-2-4-18-14-22(13-17(18)3-1)9-6-19-15-23(21-20-19)10-5-16-7-11-24-12-8-16/h1-5,15H,6-14H2. The maximum absolute atomic E-state index is 5.38. The first-order valence-corrected chi connectivity index (χ1v) is 8.80. The average molecular weight is 324 g/mol. The van der Waals surface area contributed by atoms with Crippen LogP contribution >= 0.6 is 0 Å². The molecule has 1 aromatic heterocycles. The molecule has 126 valence electrons. The zero-order valence-electron chi connectivity index (χ0n) is 14.0. The summed E-state index contributed by atoms with van der Waals surface area (Å²) in [6.07, 6.45) is 7.42. The van der Waals surface area contributed by atoms with Gasteiger partial charge in [0.1, 0.15) is 0 Å². The second-order valence-electron chi connectivity index (χ2n) is 6.64. The number of aromatic nitrogens is 3. The number of benzene rings is 1. The van der Waals surface area contributed by atoms with E-state index in [1.54, 1.807) is 0 Å². The molecular formula is C19H24N4O. The minimum atomic E-state index is 0.817. The van der Waals surface area contributed by atoms with Crippen LogP contribution < -0.4 is 0 Å². The van der Waals surface area contributed by atoms with Crippen LogP contribution in [-0.2, 0) is 30.8 Å². The van der Waals surface area contributed by atoms with Gasteiger partial charge in [0.25, 0.3) is 0 Å². The molecule has 0 N–H and O–H groups in total. The van der Waals surface area contributed by atoms with Crippen molar-refractivity contribution in [2.45, 2.75) is 38.9 Å². The van der Waals surface area contributed by atoms with Crippen LogP contribution in [0.1, 0.15) is 29.7 Å². The predicted octanol–water partition coefficient (Wildman–Crippen LogP) is 2.57. The van der Waals surface area contributed by atoms with Gasteiger partial charge in [0.2, 0.25) is 0 Å². The summed E-state index contributed by atoms with van der Waals surface area (Å²) in [6, 6.07) is 8.71. The highest BCUT2D eigenvalue weighted by Crippen LogP contribution is 2.22. The number of allylic oxidation sites excluding steroid dienone is 1. The summed E-state index contributed by atoms with van der Waals surface area (Å²) in [5.74, 6) is 0. The molecule has 0 bridgehead atoms. The zero-order chi connectivity index (χ0) is 16.2. The fraction of sp³-hybridized carbons (Fsp3) is 0.474. The maximum atomic E-state index is 5.38. The fourth-order valence-electron chi connectivity index (χ4n) is 3.44. The third kappa shape index (κ3) is 3.74. The monoisotopic (exact) mass is 324 g/mol. The lowest BCUT2D eigenvalue weighted by molar-refractivity contribution is 0.119. The molecule has 2 aliphatic rings. The van der Waals surface area contributed by atoms with Gasteiger partial charge in [-0.1, -0.05) is 41.1 Å². The summed E-state index contributed by atoms with van der Waals surface area (Å²) in [5.41, 5.74) is 5.48. The SMILES string of the molecule is C(Cn1cc(CCN2Cc3ccccc3C2)nn1)=C1CCOCC1. The van der Waals surface area contributed by atoms with Crippen LogP contribution in [0.25, 0.3) is 0 Å². The second-order valence-corrected chi connectivity index (χ2v) is 6.64. The van der Waals surface area contributed by atoms with Crippen LogP contribution in [0.2, 0.25) is 0 Å². The molecule has 2 aromatic rings. The Morgan fingerprint density at radius 3 is 2.58 bits per heavy atom. The molecule has 0 atom stereocenters. The molecule has 0 spiro atoms. The molecule has 0 aliphatic carbocycles. The lowest BCUT2D eigenvalue weighted by atomic mass is 10.1. The van der Waals surface area contributed by atoms with Gasteiger partial charge in [-0.25, -0.2) is 4.68 Å². The molecule has 5 nitrogen and oxygen atoms in total. The molecule has 4 rings (SSSR count). The third-order valence-electron chi connectivity index (χ3n) is 4.88.